The van der Waals surface area contributed by atoms with Gasteiger partial charge in [-0.3, -0.25) is 9.71 Å². The SMILES string of the molecule is CC(F)CS(=O)(=O)Nc1cnc2cc(N3CCOCC3)nc(OC3CCC(Nc4ncccn4)CC3)c2c1. The molecule has 11 nitrogen and oxygen atoms in total. The Labute approximate surface area is 221 Å². The number of sulfonamides is 1. The maximum absolute atomic E-state index is 13.4. The fourth-order valence-electron chi connectivity index (χ4n) is 4.74. The Bertz CT molecular complexity index is 1330. The molecule has 1 unspecified atom stereocenters. The third-order valence-corrected chi connectivity index (χ3v) is 7.98. The van der Waals surface area contributed by atoms with E-state index < -0.39 is 21.9 Å². The number of hydrogen-bond acceptors (Lipinski definition) is 10. The molecule has 1 atom stereocenters. The monoisotopic (exact) mass is 545 g/mol. The summed E-state index contributed by atoms with van der Waals surface area (Å²) in [6.45, 7) is 3.83. The first-order valence-corrected chi connectivity index (χ1v) is 14.5. The van der Waals surface area contributed by atoms with Crippen LogP contribution < -0.4 is 19.7 Å². The van der Waals surface area contributed by atoms with Gasteiger partial charge < -0.3 is 19.7 Å². The molecule has 4 heterocycles. The van der Waals surface area contributed by atoms with Gasteiger partial charge in [0.05, 0.1) is 36.0 Å². The van der Waals surface area contributed by atoms with Crippen LogP contribution in [0.1, 0.15) is 32.6 Å². The Morgan fingerprint density at radius 1 is 1.13 bits per heavy atom. The molecule has 204 valence electrons. The van der Waals surface area contributed by atoms with Crippen LogP contribution in [-0.4, -0.2) is 78.7 Å². The average molecular weight is 546 g/mol. The number of ether oxygens (including phenoxy) is 2. The first-order chi connectivity index (χ1) is 18.3. The van der Waals surface area contributed by atoms with Gasteiger partial charge in [0.2, 0.25) is 21.9 Å². The van der Waals surface area contributed by atoms with Gasteiger partial charge in [0.15, 0.2) is 0 Å². The summed E-state index contributed by atoms with van der Waals surface area (Å²) < 4.78 is 52.3. The molecule has 2 aliphatic rings. The number of nitrogens with one attached hydrogen (secondary N) is 2. The summed E-state index contributed by atoms with van der Waals surface area (Å²) in [6, 6.07) is 5.55. The number of fused-ring (bicyclic) bond motifs is 1. The molecule has 0 aromatic carbocycles. The predicted molar refractivity (Wildman–Crippen MR) is 143 cm³/mol. The Morgan fingerprint density at radius 3 is 2.58 bits per heavy atom. The maximum atomic E-state index is 13.4. The van der Waals surface area contributed by atoms with Crippen LogP contribution in [0.4, 0.5) is 21.8 Å². The molecule has 1 aliphatic carbocycles. The van der Waals surface area contributed by atoms with Crippen molar-refractivity contribution < 1.29 is 22.3 Å². The van der Waals surface area contributed by atoms with Crippen molar-refractivity contribution in [1.82, 2.24) is 19.9 Å². The van der Waals surface area contributed by atoms with Gasteiger partial charge in [-0.2, -0.15) is 4.98 Å². The molecule has 1 saturated carbocycles. The summed E-state index contributed by atoms with van der Waals surface area (Å²) >= 11 is 0. The van der Waals surface area contributed by atoms with E-state index in [9.17, 15) is 12.8 Å². The predicted octanol–water partition coefficient (Wildman–Crippen LogP) is 3.16. The van der Waals surface area contributed by atoms with Crippen molar-refractivity contribution in [3.8, 4) is 5.88 Å². The average Bonchev–Trinajstić information content (AvgIpc) is 2.90. The Kier molecular flexibility index (Phi) is 8.03. The van der Waals surface area contributed by atoms with Crippen LogP contribution in [0.5, 0.6) is 5.88 Å². The van der Waals surface area contributed by atoms with Crippen molar-refractivity contribution in [2.24, 2.45) is 0 Å². The zero-order valence-corrected chi connectivity index (χ0v) is 22.0. The van der Waals surface area contributed by atoms with E-state index in [4.69, 9.17) is 14.5 Å². The molecular weight excluding hydrogens is 513 g/mol. The summed E-state index contributed by atoms with van der Waals surface area (Å²) in [4.78, 5) is 19.9. The van der Waals surface area contributed by atoms with Gasteiger partial charge in [0, 0.05) is 37.6 Å². The van der Waals surface area contributed by atoms with E-state index in [1.807, 2.05) is 6.07 Å². The lowest BCUT2D eigenvalue weighted by Crippen LogP contribution is -2.37. The number of anilines is 3. The van der Waals surface area contributed by atoms with Gasteiger partial charge in [-0.25, -0.2) is 22.8 Å². The molecule has 2 N–H and O–H groups in total. The number of alkyl halides is 1. The Morgan fingerprint density at radius 2 is 1.87 bits per heavy atom. The minimum absolute atomic E-state index is 0.0619. The van der Waals surface area contributed by atoms with Crippen molar-refractivity contribution in [3.05, 3.63) is 36.8 Å². The van der Waals surface area contributed by atoms with Crippen molar-refractivity contribution in [2.45, 2.75) is 50.9 Å². The van der Waals surface area contributed by atoms with E-state index in [0.29, 0.717) is 49.0 Å². The van der Waals surface area contributed by atoms with Gasteiger partial charge >= 0.3 is 0 Å². The fraction of sp³-hybridized carbons (Fsp3) is 0.520. The highest BCUT2D eigenvalue weighted by molar-refractivity contribution is 7.92. The van der Waals surface area contributed by atoms with E-state index in [1.54, 1.807) is 24.5 Å². The van der Waals surface area contributed by atoms with E-state index in [0.717, 1.165) is 31.5 Å². The van der Waals surface area contributed by atoms with Crippen LogP contribution in [-0.2, 0) is 14.8 Å². The molecule has 3 aromatic heterocycles. The minimum Gasteiger partial charge on any atom is -0.474 e. The summed E-state index contributed by atoms with van der Waals surface area (Å²) in [5.74, 6) is 1.12. The largest absolute Gasteiger partial charge is 0.474 e. The summed E-state index contributed by atoms with van der Waals surface area (Å²) in [5.41, 5.74) is 0.870. The van der Waals surface area contributed by atoms with Crippen LogP contribution in [0.3, 0.4) is 0 Å². The molecule has 1 saturated heterocycles. The molecule has 5 rings (SSSR count). The van der Waals surface area contributed by atoms with Gasteiger partial charge in [-0.05, 0) is 44.7 Å². The van der Waals surface area contributed by atoms with E-state index >= 15 is 0 Å². The maximum Gasteiger partial charge on any atom is 0.235 e. The topological polar surface area (TPSA) is 131 Å². The highest BCUT2D eigenvalue weighted by atomic mass is 32.2. The molecule has 1 aliphatic heterocycles. The van der Waals surface area contributed by atoms with Gasteiger partial charge in [-0.15, -0.1) is 0 Å². The molecule has 0 radical (unpaired) electrons. The number of pyridine rings is 2. The highest BCUT2D eigenvalue weighted by Gasteiger charge is 2.25. The van der Waals surface area contributed by atoms with Crippen LogP contribution in [0.2, 0.25) is 0 Å². The second-order valence-electron chi connectivity index (χ2n) is 9.65. The summed E-state index contributed by atoms with van der Waals surface area (Å²) in [6.07, 6.45) is 6.68. The Hall–Kier alpha value is -3.32. The van der Waals surface area contributed by atoms with Crippen molar-refractivity contribution >= 4 is 38.4 Å². The van der Waals surface area contributed by atoms with Gasteiger partial charge in [-0.1, -0.05) is 0 Å². The lowest BCUT2D eigenvalue weighted by atomic mass is 9.93. The number of morpholine rings is 1. The smallest absolute Gasteiger partial charge is 0.235 e. The Balaban J connectivity index is 1.37. The summed E-state index contributed by atoms with van der Waals surface area (Å²) in [5, 5.41) is 3.97. The van der Waals surface area contributed by atoms with Gasteiger partial charge in [0.25, 0.3) is 0 Å². The van der Waals surface area contributed by atoms with Crippen LogP contribution in [0.15, 0.2) is 36.8 Å². The van der Waals surface area contributed by atoms with Crippen molar-refractivity contribution in [1.29, 1.82) is 0 Å². The van der Waals surface area contributed by atoms with Crippen molar-refractivity contribution in [3.63, 3.8) is 0 Å². The molecule has 2 fully saturated rings. The molecule has 0 amide bonds. The zero-order chi connectivity index (χ0) is 26.5. The number of hydrogen-bond donors (Lipinski definition) is 2. The molecule has 13 heteroatoms. The zero-order valence-electron chi connectivity index (χ0n) is 21.2. The molecule has 0 spiro atoms. The first kappa shape index (κ1) is 26.3. The number of halogens is 1. The second-order valence-corrected chi connectivity index (χ2v) is 11.4. The standard InChI is InChI=1S/C25H32FN7O4S/c1-17(26)16-38(34,35)32-19-13-21-22(29-15-19)14-23(33-9-11-36-12-10-33)31-24(21)37-20-5-3-18(4-6-20)30-25-27-7-2-8-28-25/h2,7-8,13-15,17-18,20,32H,3-6,9-12,16H2,1H3,(H,27,28,30). The lowest BCUT2D eigenvalue weighted by molar-refractivity contribution is 0.122. The van der Waals surface area contributed by atoms with E-state index in [2.05, 4.69) is 29.9 Å². The fourth-order valence-corrected chi connectivity index (χ4v) is 5.90. The normalized spacial score (nSPS) is 21.2. The highest BCUT2D eigenvalue weighted by Crippen LogP contribution is 2.33. The first-order valence-electron chi connectivity index (χ1n) is 12.8. The number of rotatable bonds is 9. The third kappa shape index (κ3) is 6.76. The summed E-state index contributed by atoms with van der Waals surface area (Å²) in [7, 11) is -3.87. The van der Waals surface area contributed by atoms with Gasteiger partial charge in [0.1, 0.15) is 23.8 Å². The minimum atomic E-state index is -3.87. The quantitative estimate of drug-likeness (QED) is 0.413. The molecule has 38 heavy (non-hydrogen) atoms. The van der Waals surface area contributed by atoms with Crippen LogP contribution >= 0.6 is 0 Å². The third-order valence-electron chi connectivity index (χ3n) is 6.54. The van der Waals surface area contributed by atoms with Crippen LogP contribution in [0.25, 0.3) is 10.9 Å². The molecule has 0 bridgehead atoms. The van der Waals surface area contributed by atoms with E-state index in [-0.39, 0.29) is 17.8 Å². The van der Waals surface area contributed by atoms with E-state index in [1.165, 1.54) is 13.1 Å². The van der Waals surface area contributed by atoms with Crippen molar-refractivity contribution in [2.75, 3.05) is 47.0 Å². The van der Waals surface area contributed by atoms with Crippen LogP contribution in [0, 0.1) is 0 Å². The number of aromatic nitrogens is 4. The number of nitrogens with zero attached hydrogens (tertiary/aromatic N) is 5. The molecule has 3 aromatic rings. The molecular formula is C25H32FN7O4S. The second kappa shape index (κ2) is 11.6. The lowest BCUT2D eigenvalue weighted by Gasteiger charge is -2.31.